The van der Waals surface area contributed by atoms with Crippen LogP contribution in [0.3, 0.4) is 0 Å². The molecule has 0 unspecified atom stereocenters. The van der Waals surface area contributed by atoms with Gasteiger partial charge in [0, 0.05) is 61.1 Å². The van der Waals surface area contributed by atoms with Crippen LogP contribution >= 0.6 is 0 Å². The molecule has 332 valence electrons. The van der Waals surface area contributed by atoms with Gasteiger partial charge in [-0.3, -0.25) is 0 Å². The largest absolute Gasteiger partial charge is 0.460 e. The van der Waals surface area contributed by atoms with E-state index in [2.05, 4.69) is 215 Å². The maximum absolute atomic E-state index is 7.52. The quantitative estimate of drug-likeness (QED) is 0.173. The van der Waals surface area contributed by atoms with E-state index in [1.165, 1.54) is 16.7 Å². The number of aryl methyl sites for hydroxylation is 1. The Morgan fingerprint density at radius 1 is 0.324 bits per heavy atom. The predicted octanol–water partition coefficient (Wildman–Crippen LogP) is 18.4. The SMILES string of the molecule is C1=Cc2c(oc3ccc(-n4c5ccc(-c6ccccc6)cc5c5c6oc7c(ccc8c7c7cc(-c9ccccc9)ccc7n8-c7cccc(-c8ccc9oc%10ccccc%10c9c8)c7)c6ccc54)cc23)CC1. The van der Waals surface area contributed by atoms with Crippen molar-refractivity contribution < 1.29 is 13.3 Å². The van der Waals surface area contributed by atoms with Crippen LogP contribution in [0.4, 0.5) is 0 Å². The van der Waals surface area contributed by atoms with Crippen LogP contribution < -0.4 is 0 Å². The van der Waals surface area contributed by atoms with Gasteiger partial charge in [0.1, 0.15) is 33.7 Å². The average Bonchev–Trinajstić information content (AvgIpc) is 4.25. The van der Waals surface area contributed by atoms with Crippen LogP contribution in [0.5, 0.6) is 0 Å². The summed E-state index contributed by atoms with van der Waals surface area (Å²) in [6, 6.07) is 74.6. The Kier molecular flexibility index (Phi) is 7.94. The molecule has 0 saturated heterocycles. The van der Waals surface area contributed by atoms with Gasteiger partial charge in [0.05, 0.1) is 32.8 Å². The number of furan rings is 3. The van der Waals surface area contributed by atoms with E-state index in [1.807, 2.05) is 12.1 Å². The summed E-state index contributed by atoms with van der Waals surface area (Å²) in [7, 11) is 0. The van der Waals surface area contributed by atoms with Crippen LogP contribution in [0, 0.1) is 0 Å². The second-order valence-electron chi connectivity index (χ2n) is 19.1. The van der Waals surface area contributed by atoms with Crippen molar-refractivity contribution in [2.24, 2.45) is 0 Å². The number of rotatable bonds is 5. The maximum atomic E-state index is 7.52. The van der Waals surface area contributed by atoms with E-state index in [0.29, 0.717) is 0 Å². The number of hydrogen-bond acceptors (Lipinski definition) is 3. The monoisotopic (exact) mass is 908 g/mol. The van der Waals surface area contributed by atoms with E-state index in [4.69, 9.17) is 13.3 Å². The smallest absolute Gasteiger partial charge is 0.145 e. The predicted molar refractivity (Wildman–Crippen MR) is 293 cm³/mol. The number of allylic oxidation sites excluding steroid dienone is 1. The molecule has 1 aliphatic rings. The van der Waals surface area contributed by atoms with Crippen LogP contribution in [-0.2, 0) is 6.42 Å². The first kappa shape index (κ1) is 38.6. The van der Waals surface area contributed by atoms with E-state index in [9.17, 15) is 0 Å². The zero-order valence-corrected chi connectivity index (χ0v) is 38.3. The molecule has 5 heteroatoms. The topological polar surface area (TPSA) is 49.3 Å². The van der Waals surface area contributed by atoms with Crippen LogP contribution in [0.2, 0.25) is 0 Å². The van der Waals surface area contributed by atoms with Crippen LogP contribution in [0.1, 0.15) is 17.7 Å². The van der Waals surface area contributed by atoms with Gasteiger partial charge < -0.3 is 22.4 Å². The summed E-state index contributed by atoms with van der Waals surface area (Å²) in [5.74, 6) is 1.07. The summed E-state index contributed by atoms with van der Waals surface area (Å²) >= 11 is 0. The molecular weight excluding hydrogens is 869 g/mol. The third-order valence-corrected chi connectivity index (χ3v) is 15.2. The Hall–Kier alpha value is -9.32. The highest BCUT2D eigenvalue weighted by molar-refractivity contribution is 6.29. The van der Waals surface area contributed by atoms with Gasteiger partial charge in [-0.05, 0) is 137 Å². The summed E-state index contributed by atoms with van der Waals surface area (Å²) in [5, 5.41) is 10.0. The molecule has 15 aromatic rings. The Labute approximate surface area is 406 Å². The first-order valence-corrected chi connectivity index (χ1v) is 24.4. The molecule has 0 aliphatic heterocycles. The van der Waals surface area contributed by atoms with E-state index >= 15 is 0 Å². The minimum absolute atomic E-state index is 0.880. The second kappa shape index (κ2) is 14.6. The maximum Gasteiger partial charge on any atom is 0.145 e. The number of para-hydroxylation sites is 1. The molecule has 0 spiro atoms. The molecule has 16 rings (SSSR count). The Morgan fingerprint density at radius 3 is 1.56 bits per heavy atom. The molecular formula is C66H40N2O3. The third-order valence-electron chi connectivity index (χ3n) is 15.2. The lowest BCUT2D eigenvalue weighted by Gasteiger charge is -2.11. The van der Waals surface area contributed by atoms with Gasteiger partial charge >= 0.3 is 0 Å². The van der Waals surface area contributed by atoms with Crippen molar-refractivity contribution in [1.82, 2.24) is 9.13 Å². The summed E-state index contributed by atoms with van der Waals surface area (Å²) in [6.07, 6.45) is 6.40. The fourth-order valence-electron chi connectivity index (χ4n) is 11.9. The molecule has 5 nitrogen and oxygen atoms in total. The first-order chi connectivity index (χ1) is 35.2. The number of hydrogen-bond donors (Lipinski definition) is 0. The lowest BCUT2D eigenvalue weighted by atomic mass is 10.0. The van der Waals surface area contributed by atoms with Gasteiger partial charge in [-0.2, -0.15) is 0 Å². The minimum Gasteiger partial charge on any atom is -0.460 e. The molecule has 0 saturated carbocycles. The highest BCUT2D eigenvalue weighted by Crippen LogP contribution is 2.47. The lowest BCUT2D eigenvalue weighted by molar-refractivity contribution is 0.546. The zero-order valence-electron chi connectivity index (χ0n) is 38.3. The van der Waals surface area contributed by atoms with Gasteiger partial charge in [-0.15, -0.1) is 0 Å². The van der Waals surface area contributed by atoms with Crippen LogP contribution in [-0.4, -0.2) is 9.13 Å². The average molecular weight is 909 g/mol. The third kappa shape index (κ3) is 5.63. The molecule has 0 bridgehead atoms. The fourth-order valence-corrected chi connectivity index (χ4v) is 11.9. The summed E-state index contributed by atoms with van der Waals surface area (Å²) in [6.45, 7) is 0. The van der Waals surface area contributed by atoms with Gasteiger partial charge in [-0.1, -0.05) is 121 Å². The summed E-state index contributed by atoms with van der Waals surface area (Å²) < 4.78 is 24.9. The van der Waals surface area contributed by atoms with Gasteiger partial charge in [-0.25, -0.2) is 0 Å². The zero-order chi connectivity index (χ0) is 46.3. The second-order valence-corrected chi connectivity index (χ2v) is 19.1. The highest BCUT2D eigenvalue weighted by Gasteiger charge is 2.25. The fraction of sp³-hybridized carbons (Fsp3) is 0.0303. The van der Waals surface area contributed by atoms with Crippen molar-refractivity contribution in [2.75, 3.05) is 0 Å². The van der Waals surface area contributed by atoms with Crippen molar-refractivity contribution in [2.45, 2.75) is 12.8 Å². The minimum atomic E-state index is 0.880. The molecule has 0 radical (unpaired) electrons. The van der Waals surface area contributed by atoms with Gasteiger partial charge in [0.25, 0.3) is 0 Å². The number of fused-ring (bicyclic) bond motifs is 17. The first-order valence-electron chi connectivity index (χ1n) is 24.4. The van der Waals surface area contributed by atoms with E-state index in [0.717, 1.165) is 151 Å². The molecule has 5 heterocycles. The normalized spacial score (nSPS) is 12.9. The summed E-state index contributed by atoms with van der Waals surface area (Å²) in [5.41, 5.74) is 19.2. The molecule has 0 fully saturated rings. The van der Waals surface area contributed by atoms with Gasteiger partial charge in [0.2, 0.25) is 0 Å². The van der Waals surface area contributed by atoms with E-state index < -0.39 is 0 Å². The Bertz CT molecular complexity index is 4750. The van der Waals surface area contributed by atoms with E-state index in [1.54, 1.807) is 0 Å². The molecule has 0 atom stereocenters. The number of aromatic nitrogens is 2. The molecule has 0 N–H and O–H groups in total. The molecule has 5 aromatic heterocycles. The van der Waals surface area contributed by atoms with Crippen LogP contribution in [0.15, 0.2) is 226 Å². The van der Waals surface area contributed by atoms with Crippen LogP contribution in [0.25, 0.3) is 149 Å². The van der Waals surface area contributed by atoms with Crippen molar-refractivity contribution in [1.29, 1.82) is 0 Å². The molecule has 1 aliphatic carbocycles. The summed E-state index contributed by atoms with van der Waals surface area (Å²) in [4.78, 5) is 0. The van der Waals surface area contributed by atoms with Crippen molar-refractivity contribution in [3.63, 3.8) is 0 Å². The van der Waals surface area contributed by atoms with Crippen molar-refractivity contribution in [3.05, 3.63) is 224 Å². The highest BCUT2D eigenvalue weighted by atomic mass is 16.3. The van der Waals surface area contributed by atoms with Crippen molar-refractivity contribution >= 4 is 105 Å². The standard InChI is InChI=1S/C66H40N2O3/c1-3-12-39(13-4-1)42-22-28-55-53(36-42)63-57(67(55)45-17-11-16-41(34-45)44-24-32-61-51(35-44)47-18-7-9-20-59(47)69-61)30-26-49-50-27-31-58-64(66(50)71-65(49)63)54-37-43(40-14-5-2-6-15-40)23-29-56(54)68(58)46-25-33-62-52(38-46)48-19-8-10-21-60(48)70-62/h1-9,11-20,22-38H,10,21H2. The number of benzene rings is 10. The Morgan fingerprint density at radius 2 is 0.859 bits per heavy atom. The molecule has 71 heavy (non-hydrogen) atoms. The van der Waals surface area contributed by atoms with E-state index in [-0.39, 0.29) is 0 Å². The molecule has 0 amide bonds. The van der Waals surface area contributed by atoms with Gasteiger partial charge in [0.15, 0.2) is 0 Å². The Balaban J connectivity index is 0.962. The lowest BCUT2D eigenvalue weighted by Crippen LogP contribution is -1.94. The number of nitrogens with zero attached hydrogens (tertiary/aromatic N) is 2. The molecule has 10 aromatic carbocycles. The van der Waals surface area contributed by atoms with Crippen molar-refractivity contribution in [3.8, 4) is 44.8 Å².